The number of hydrogen-bond donors (Lipinski definition) is 2. The molecule has 0 bridgehead atoms. The number of Topliss-reactive ketones (excluding diaryl/α,β-unsaturated/α-hetero) is 1. The zero-order chi connectivity index (χ0) is 23.4. The Morgan fingerprint density at radius 2 is 2.06 bits per heavy atom. The Hall–Kier alpha value is -4.20. The van der Waals surface area contributed by atoms with E-state index in [4.69, 9.17) is 9.47 Å². The molecule has 172 valence electrons. The fourth-order valence-electron chi connectivity index (χ4n) is 4.74. The van der Waals surface area contributed by atoms with Crippen LogP contribution in [-0.2, 0) is 13.1 Å². The van der Waals surface area contributed by atoms with Crippen LogP contribution in [-0.4, -0.2) is 37.5 Å². The van der Waals surface area contributed by atoms with Gasteiger partial charge in [0.25, 0.3) is 0 Å². The van der Waals surface area contributed by atoms with Crippen LogP contribution in [0.2, 0.25) is 0 Å². The minimum Gasteiger partial charge on any atom is -0.508 e. The minimum atomic E-state index is -0.408. The molecule has 8 heteroatoms. The van der Waals surface area contributed by atoms with Crippen molar-refractivity contribution in [3.8, 4) is 23.0 Å². The first-order valence-corrected chi connectivity index (χ1v) is 11.2. The number of aryl methyl sites for hydroxylation is 2. The van der Waals surface area contributed by atoms with E-state index in [1.54, 1.807) is 19.4 Å². The van der Waals surface area contributed by atoms with Crippen molar-refractivity contribution in [1.29, 1.82) is 0 Å². The SMILES string of the molecule is COc1ccc2c(c1)c(C=C1Oc3cc(O)cc(O)c3C1=O)c(C1CC1)n2CCn1cccn1. The smallest absolute Gasteiger partial charge is 0.235 e. The molecule has 0 spiro atoms. The van der Waals surface area contributed by atoms with Crippen molar-refractivity contribution < 1.29 is 24.5 Å². The number of phenolic OH excluding ortho intramolecular Hbond substituents is 2. The van der Waals surface area contributed by atoms with Crippen molar-refractivity contribution in [3.05, 3.63) is 71.4 Å². The van der Waals surface area contributed by atoms with Crippen molar-refractivity contribution in [3.63, 3.8) is 0 Å². The van der Waals surface area contributed by atoms with Gasteiger partial charge in [0.15, 0.2) is 5.76 Å². The van der Waals surface area contributed by atoms with Gasteiger partial charge in [-0.05, 0) is 49.1 Å². The number of rotatable bonds is 6. The van der Waals surface area contributed by atoms with Gasteiger partial charge in [-0.2, -0.15) is 5.10 Å². The summed E-state index contributed by atoms with van der Waals surface area (Å²) < 4.78 is 15.5. The van der Waals surface area contributed by atoms with Gasteiger partial charge in [-0.25, -0.2) is 0 Å². The lowest BCUT2D eigenvalue weighted by Crippen LogP contribution is -2.10. The topological polar surface area (TPSA) is 98.7 Å². The molecule has 3 heterocycles. The van der Waals surface area contributed by atoms with E-state index >= 15 is 0 Å². The number of carbonyl (C=O) groups is 1. The zero-order valence-electron chi connectivity index (χ0n) is 18.6. The van der Waals surface area contributed by atoms with Crippen LogP contribution in [0.15, 0.2) is 54.6 Å². The number of fused-ring (bicyclic) bond motifs is 2. The number of carbonyl (C=O) groups excluding carboxylic acids is 1. The summed E-state index contributed by atoms with van der Waals surface area (Å²) in [6.07, 6.45) is 7.63. The van der Waals surface area contributed by atoms with Crippen molar-refractivity contribution in [2.45, 2.75) is 31.8 Å². The predicted molar refractivity (Wildman–Crippen MR) is 125 cm³/mol. The highest BCUT2D eigenvalue weighted by Crippen LogP contribution is 2.47. The molecule has 2 aliphatic rings. The van der Waals surface area contributed by atoms with E-state index in [9.17, 15) is 15.0 Å². The molecule has 4 aromatic rings. The van der Waals surface area contributed by atoms with Crippen LogP contribution in [0.25, 0.3) is 17.0 Å². The quantitative estimate of drug-likeness (QED) is 0.415. The first-order valence-electron chi connectivity index (χ1n) is 11.2. The Morgan fingerprint density at radius 1 is 1.21 bits per heavy atom. The molecular weight excluding hydrogens is 434 g/mol. The normalized spacial score (nSPS) is 16.3. The summed E-state index contributed by atoms with van der Waals surface area (Å²) in [5.41, 5.74) is 3.18. The van der Waals surface area contributed by atoms with Gasteiger partial charge in [0.05, 0.1) is 13.7 Å². The molecule has 8 nitrogen and oxygen atoms in total. The Balaban J connectivity index is 1.51. The lowest BCUT2D eigenvalue weighted by atomic mass is 10.0. The molecule has 6 rings (SSSR count). The second kappa shape index (κ2) is 7.69. The maximum absolute atomic E-state index is 13.1. The molecule has 1 fully saturated rings. The highest BCUT2D eigenvalue weighted by molar-refractivity contribution is 6.17. The minimum absolute atomic E-state index is 0.0667. The van der Waals surface area contributed by atoms with Crippen molar-refractivity contribution in [2.75, 3.05) is 7.11 Å². The molecule has 1 saturated carbocycles. The van der Waals surface area contributed by atoms with Gasteiger partial charge < -0.3 is 24.3 Å². The fraction of sp³-hybridized carbons (Fsp3) is 0.231. The van der Waals surface area contributed by atoms with Crippen molar-refractivity contribution in [1.82, 2.24) is 14.3 Å². The molecule has 1 aliphatic heterocycles. The fourth-order valence-corrected chi connectivity index (χ4v) is 4.74. The summed E-state index contributed by atoms with van der Waals surface area (Å²) >= 11 is 0. The molecule has 0 amide bonds. The van der Waals surface area contributed by atoms with E-state index < -0.39 is 5.78 Å². The molecule has 1 aliphatic carbocycles. The Morgan fingerprint density at radius 3 is 2.79 bits per heavy atom. The van der Waals surface area contributed by atoms with Crippen LogP contribution in [0.1, 0.15) is 40.4 Å². The van der Waals surface area contributed by atoms with Gasteiger partial charge >= 0.3 is 0 Å². The molecule has 2 aromatic heterocycles. The van der Waals surface area contributed by atoms with Crippen LogP contribution >= 0.6 is 0 Å². The predicted octanol–water partition coefficient (Wildman–Crippen LogP) is 4.45. The van der Waals surface area contributed by atoms with Crippen LogP contribution in [0.3, 0.4) is 0 Å². The molecule has 0 radical (unpaired) electrons. The van der Waals surface area contributed by atoms with Crippen molar-refractivity contribution >= 4 is 22.8 Å². The van der Waals surface area contributed by atoms with Gasteiger partial charge in [0.2, 0.25) is 5.78 Å². The summed E-state index contributed by atoms with van der Waals surface area (Å²) in [5.74, 6) is 0.517. The number of allylic oxidation sites excluding steroid dienone is 1. The van der Waals surface area contributed by atoms with Gasteiger partial charge in [-0.1, -0.05) is 0 Å². The number of nitrogens with zero attached hydrogens (tertiary/aromatic N) is 3. The third kappa shape index (κ3) is 3.30. The van der Waals surface area contributed by atoms with Crippen LogP contribution < -0.4 is 9.47 Å². The maximum atomic E-state index is 13.1. The lowest BCUT2D eigenvalue weighted by Gasteiger charge is -2.11. The van der Waals surface area contributed by atoms with Crippen LogP contribution in [0.5, 0.6) is 23.0 Å². The first-order chi connectivity index (χ1) is 16.5. The monoisotopic (exact) mass is 457 g/mol. The molecule has 0 saturated heterocycles. The zero-order valence-corrected chi connectivity index (χ0v) is 18.6. The van der Waals surface area contributed by atoms with Gasteiger partial charge in [0.1, 0.15) is 28.6 Å². The van der Waals surface area contributed by atoms with Gasteiger partial charge in [0, 0.05) is 53.2 Å². The van der Waals surface area contributed by atoms with Gasteiger partial charge in [-0.3, -0.25) is 9.48 Å². The standard InChI is InChI=1S/C26H23N3O5/c1-33-17-5-6-20-18(13-17)19(14-23-26(32)24-21(31)11-16(30)12-22(24)34-23)25(15-3-4-15)29(20)10-9-28-8-2-7-27-28/h2,5-8,11-15,30-31H,3-4,9-10H2,1H3. The Bertz CT molecular complexity index is 1460. The van der Waals surface area contributed by atoms with E-state index in [1.807, 2.05) is 35.1 Å². The van der Waals surface area contributed by atoms with E-state index in [2.05, 4.69) is 9.67 Å². The number of ketones is 1. The lowest BCUT2D eigenvalue weighted by molar-refractivity contribution is 0.101. The third-order valence-electron chi connectivity index (χ3n) is 6.44. The van der Waals surface area contributed by atoms with E-state index in [0.717, 1.165) is 53.4 Å². The number of aromatic nitrogens is 3. The summed E-state index contributed by atoms with van der Waals surface area (Å²) in [6, 6.07) is 10.4. The summed E-state index contributed by atoms with van der Waals surface area (Å²) in [5, 5.41) is 25.3. The Kier molecular flexibility index (Phi) is 4.62. The third-order valence-corrected chi connectivity index (χ3v) is 6.44. The average Bonchev–Trinajstić information content (AvgIpc) is 3.29. The average molecular weight is 457 g/mol. The molecule has 2 aromatic carbocycles. The van der Waals surface area contributed by atoms with E-state index in [1.165, 1.54) is 6.07 Å². The highest BCUT2D eigenvalue weighted by Gasteiger charge is 2.35. The number of ether oxygens (including phenoxy) is 2. The molecular formula is C26H23N3O5. The number of phenols is 2. The largest absolute Gasteiger partial charge is 0.508 e. The molecule has 0 atom stereocenters. The number of hydrogen-bond acceptors (Lipinski definition) is 6. The van der Waals surface area contributed by atoms with Gasteiger partial charge in [-0.15, -0.1) is 0 Å². The highest BCUT2D eigenvalue weighted by atomic mass is 16.5. The molecule has 0 unspecified atom stereocenters. The van der Waals surface area contributed by atoms with E-state index in [0.29, 0.717) is 12.5 Å². The van der Waals surface area contributed by atoms with Crippen LogP contribution in [0.4, 0.5) is 0 Å². The summed E-state index contributed by atoms with van der Waals surface area (Å²) in [7, 11) is 1.63. The second-order valence-corrected chi connectivity index (χ2v) is 8.65. The maximum Gasteiger partial charge on any atom is 0.235 e. The summed E-state index contributed by atoms with van der Waals surface area (Å²) in [6.45, 7) is 1.44. The van der Waals surface area contributed by atoms with Crippen molar-refractivity contribution in [2.24, 2.45) is 0 Å². The molecule has 2 N–H and O–H groups in total. The van der Waals surface area contributed by atoms with Crippen LogP contribution in [0, 0.1) is 0 Å². The van der Waals surface area contributed by atoms with E-state index in [-0.39, 0.29) is 28.6 Å². The second-order valence-electron chi connectivity index (χ2n) is 8.65. The number of methoxy groups -OCH3 is 1. The molecule has 34 heavy (non-hydrogen) atoms. The first kappa shape index (κ1) is 20.4. The number of aromatic hydroxyl groups is 2. The summed E-state index contributed by atoms with van der Waals surface area (Å²) in [4.78, 5) is 13.1. The number of benzene rings is 2. The Labute approximate surface area is 195 Å².